The van der Waals surface area contributed by atoms with Crippen molar-refractivity contribution in [3.05, 3.63) is 87.6 Å². The Morgan fingerprint density at radius 2 is 1.75 bits per heavy atom. The van der Waals surface area contributed by atoms with Crippen LogP contribution in [0.15, 0.2) is 59.8 Å². The maximum absolute atomic E-state index is 13.6. The van der Waals surface area contributed by atoms with E-state index in [1.54, 1.807) is 32.0 Å². The van der Waals surface area contributed by atoms with Crippen molar-refractivity contribution >= 4 is 17.6 Å². The number of aryl methyl sites for hydroxylation is 2. The number of hydrogen-bond donors (Lipinski definition) is 0. The van der Waals surface area contributed by atoms with Crippen LogP contribution in [0.4, 0.5) is 5.69 Å². The Bertz CT molecular complexity index is 1280. The van der Waals surface area contributed by atoms with Gasteiger partial charge in [-0.15, -0.1) is 4.91 Å². The maximum Gasteiger partial charge on any atom is 0.340 e. The molecule has 0 amide bonds. The Balaban J connectivity index is 1.67. The number of piperidine rings is 1. The number of carbonyl (C=O) groups excluding carboxylic acids is 2. The summed E-state index contributed by atoms with van der Waals surface area (Å²) < 4.78 is 11.0. The Morgan fingerprint density at radius 3 is 2.44 bits per heavy atom. The fourth-order valence-corrected chi connectivity index (χ4v) is 4.76. The Kier molecular flexibility index (Phi) is 7.85. The van der Waals surface area contributed by atoms with Crippen LogP contribution < -0.4 is 0 Å². The number of rotatable bonds is 7. The molecule has 1 aromatic heterocycles. The molecule has 1 fully saturated rings. The van der Waals surface area contributed by atoms with Crippen molar-refractivity contribution in [3.63, 3.8) is 0 Å². The number of esters is 2. The van der Waals surface area contributed by atoms with Gasteiger partial charge in [0.05, 0.1) is 29.6 Å². The van der Waals surface area contributed by atoms with Crippen molar-refractivity contribution in [1.82, 2.24) is 9.88 Å². The molecule has 8 heteroatoms. The summed E-state index contributed by atoms with van der Waals surface area (Å²) in [6.07, 6.45) is 1.36. The number of hydrogen-bond acceptors (Lipinski definition) is 8. The zero-order chi connectivity index (χ0) is 25.7. The van der Waals surface area contributed by atoms with Crippen LogP contribution in [-0.4, -0.2) is 48.1 Å². The molecule has 0 bridgehead atoms. The van der Waals surface area contributed by atoms with Crippen LogP contribution in [0.1, 0.15) is 50.5 Å². The topological polar surface area (TPSA) is 98.2 Å². The third-order valence-electron chi connectivity index (χ3n) is 6.38. The van der Waals surface area contributed by atoms with E-state index in [1.165, 1.54) is 18.7 Å². The van der Waals surface area contributed by atoms with E-state index in [-0.39, 0.29) is 22.9 Å². The first kappa shape index (κ1) is 25.2. The lowest BCUT2D eigenvalue weighted by Crippen LogP contribution is -2.40. The molecule has 1 aliphatic heterocycles. The van der Waals surface area contributed by atoms with Crippen molar-refractivity contribution in [2.24, 2.45) is 5.18 Å². The summed E-state index contributed by atoms with van der Waals surface area (Å²) >= 11 is 0. The monoisotopic (exact) mass is 487 g/mol. The summed E-state index contributed by atoms with van der Waals surface area (Å²) in [4.78, 5) is 44.3. The molecule has 1 atom stereocenters. The van der Waals surface area contributed by atoms with E-state index in [9.17, 15) is 14.5 Å². The highest BCUT2D eigenvalue weighted by Gasteiger charge is 2.30. The van der Waals surface area contributed by atoms with Crippen LogP contribution in [0.2, 0.25) is 0 Å². The molecule has 186 valence electrons. The van der Waals surface area contributed by atoms with Crippen LogP contribution in [-0.2, 0) is 16.0 Å². The van der Waals surface area contributed by atoms with E-state index < -0.39 is 11.9 Å². The number of nitroso groups, excluding NO2 is 1. The van der Waals surface area contributed by atoms with Gasteiger partial charge in [-0.25, -0.2) is 9.59 Å². The second-order valence-corrected chi connectivity index (χ2v) is 8.93. The normalized spacial score (nSPS) is 15.8. The molecule has 0 aliphatic carbocycles. The minimum atomic E-state index is -0.625. The zero-order valence-corrected chi connectivity index (χ0v) is 20.7. The molecule has 1 aliphatic rings. The smallest absolute Gasteiger partial charge is 0.340 e. The van der Waals surface area contributed by atoms with Crippen molar-refractivity contribution in [3.8, 4) is 11.1 Å². The zero-order valence-electron chi connectivity index (χ0n) is 20.7. The average Bonchev–Trinajstić information content (AvgIpc) is 2.88. The maximum atomic E-state index is 13.6. The van der Waals surface area contributed by atoms with Gasteiger partial charge in [0.25, 0.3) is 0 Å². The van der Waals surface area contributed by atoms with Crippen molar-refractivity contribution in [2.45, 2.75) is 39.3 Å². The predicted molar refractivity (Wildman–Crippen MR) is 136 cm³/mol. The summed E-state index contributed by atoms with van der Waals surface area (Å²) in [6.45, 7) is 5.71. The van der Waals surface area contributed by atoms with Crippen LogP contribution in [0.25, 0.3) is 11.1 Å². The number of methoxy groups -OCH3 is 1. The lowest BCUT2D eigenvalue weighted by Gasteiger charge is -2.32. The quantitative estimate of drug-likeness (QED) is 0.326. The van der Waals surface area contributed by atoms with E-state index in [0.29, 0.717) is 29.1 Å². The van der Waals surface area contributed by atoms with E-state index in [4.69, 9.17) is 9.47 Å². The van der Waals surface area contributed by atoms with E-state index >= 15 is 0 Å². The number of ether oxygens (including phenoxy) is 2. The minimum Gasteiger partial charge on any atom is -0.465 e. The SMILES string of the molecule is COC(=O)c1c(C)nc(C)c(C(=O)OC2CCCN(Cc3ccccc3)C2)c1-c1cccc(N=O)c1. The van der Waals surface area contributed by atoms with E-state index in [2.05, 4.69) is 27.2 Å². The highest BCUT2D eigenvalue weighted by Crippen LogP contribution is 2.34. The Morgan fingerprint density at radius 1 is 1.03 bits per heavy atom. The average molecular weight is 488 g/mol. The van der Waals surface area contributed by atoms with Gasteiger partial charge in [0.2, 0.25) is 0 Å². The van der Waals surface area contributed by atoms with Gasteiger partial charge in [-0.3, -0.25) is 9.88 Å². The largest absolute Gasteiger partial charge is 0.465 e. The van der Waals surface area contributed by atoms with Crippen LogP contribution in [0, 0.1) is 18.8 Å². The predicted octanol–water partition coefficient (Wildman–Crippen LogP) is 5.37. The van der Waals surface area contributed by atoms with Crippen LogP contribution in [0.3, 0.4) is 0 Å². The third kappa shape index (κ3) is 5.49. The van der Waals surface area contributed by atoms with Gasteiger partial charge in [0, 0.05) is 18.7 Å². The molecular formula is C28H29N3O5. The standard InChI is InChI=1S/C28H29N3O5/c1-18-24(27(32)35-3)26(21-11-7-12-22(15-21)30-34)25(19(2)29-18)28(33)36-23-13-8-14-31(17-23)16-20-9-5-4-6-10-20/h4-7,9-12,15,23H,8,13-14,16-17H2,1-3H3. The fraction of sp³-hybridized carbons (Fsp3) is 0.321. The number of likely N-dealkylation sites (tertiary alicyclic amines) is 1. The molecule has 2 aromatic carbocycles. The molecule has 0 radical (unpaired) electrons. The van der Waals surface area contributed by atoms with Gasteiger partial charge < -0.3 is 9.47 Å². The number of carbonyl (C=O) groups is 2. The molecule has 1 unspecified atom stereocenters. The molecular weight excluding hydrogens is 458 g/mol. The molecule has 2 heterocycles. The first-order valence-electron chi connectivity index (χ1n) is 11.9. The van der Waals surface area contributed by atoms with Crippen molar-refractivity contribution < 1.29 is 19.1 Å². The molecule has 3 aromatic rings. The second kappa shape index (κ2) is 11.2. The van der Waals surface area contributed by atoms with Gasteiger partial charge in [0.1, 0.15) is 11.8 Å². The number of aromatic nitrogens is 1. The van der Waals surface area contributed by atoms with Gasteiger partial charge in [-0.2, -0.15) is 0 Å². The first-order chi connectivity index (χ1) is 17.4. The van der Waals surface area contributed by atoms with Gasteiger partial charge in [-0.05, 0) is 61.7 Å². The van der Waals surface area contributed by atoms with Gasteiger partial charge >= 0.3 is 11.9 Å². The highest BCUT2D eigenvalue weighted by molar-refractivity contribution is 6.07. The minimum absolute atomic E-state index is 0.160. The molecule has 36 heavy (non-hydrogen) atoms. The van der Waals surface area contributed by atoms with Crippen LogP contribution >= 0.6 is 0 Å². The number of nitrogens with zero attached hydrogens (tertiary/aromatic N) is 3. The molecule has 0 saturated carbocycles. The molecule has 0 spiro atoms. The summed E-state index contributed by atoms with van der Waals surface area (Å²) in [6, 6.07) is 16.6. The molecule has 8 nitrogen and oxygen atoms in total. The fourth-order valence-electron chi connectivity index (χ4n) is 4.76. The second-order valence-electron chi connectivity index (χ2n) is 8.93. The summed E-state index contributed by atoms with van der Waals surface area (Å²) in [5.74, 6) is -1.18. The van der Waals surface area contributed by atoms with Gasteiger partial charge in [-0.1, -0.05) is 42.5 Å². The Labute approximate surface area is 210 Å². The lowest BCUT2D eigenvalue weighted by atomic mass is 9.92. The summed E-state index contributed by atoms with van der Waals surface area (Å²) in [5.41, 5.74) is 3.40. The van der Waals surface area contributed by atoms with Crippen molar-refractivity contribution in [2.75, 3.05) is 20.2 Å². The highest BCUT2D eigenvalue weighted by atomic mass is 16.5. The molecule has 0 N–H and O–H groups in total. The van der Waals surface area contributed by atoms with Crippen molar-refractivity contribution in [1.29, 1.82) is 0 Å². The van der Waals surface area contributed by atoms with E-state index in [1.807, 2.05) is 18.2 Å². The number of benzene rings is 2. The molecule has 4 rings (SSSR count). The van der Waals surface area contributed by atoms with Gasteiger partial charge in [0.15, 0.2) is 0 Å². The van der Waals surface area contributed by atoms with E-state index in [0.717, 1.165) is 25.9 Å². The van der Waals surface area contributed by atoms with Crippen LogP contribution in [0.5, 0.6) is 0 Å². The lowest BCUT2D eigenvalue weighted by molar-refractivity contribution is 0.00557. The third-order valence-corrected chi connectivity index (χ3v) is 6.38. The summed E-state index contributed by atoms with van der Waals surface area (Å²) in [5, 5.41) is 3.00. The Hall–Kier alpha value is -3.91. The first-order valence-corrected chi connectivity index (χ1v) is 11.9. The number of pyridine rings is 1. The summed E-state index contributed by atoms with van der Waals surface area (Å²) in [7, 11) is 1.27. The molecule has 1 saturated heterocycles.